The summed E-state index contributed by atoms with van der Waals surface area (Å²) < 4.78 is 0. The Hall–Kier alpha value is -1.65. The predicted octanol–water partition coefficient (Wildman–Crippen LogP) is 0.888. The van der Waals surface area contributed by atoms with Crippen molar-refractivity contribution in [3.05, 3.63) is 28.2 Å². The molecule has 0 saturated carbocycles. The molecular formula is C12H17N3O2. The monoisotopic (exact) mass is 235 g/mol. The number of aromatic amines is 1. The number of likely N-dealkylation sites (tertiary alicyclic amines) is 1. The fourth-order valence-electron chi connectivity index (χ4n) is 2.07. The molecule has 5 heteroatoms. The van der Waals surface area contributed by atoms with Crippen molar-refractivity contribution < 1.29 is 4.79 Å². The first-order chi connectivity index (χ1) is 8.08. The van der Waals surface area contributed by atoms with Crippen LogP contribution in [0.5, 0.6) is 0 Å². The molecular weight excluding hydrogens is 218 g/mol. The normalized spacial score (nSPS) is 24.7. The number of nitrogens with one attached hydrogen (secondary N) is 1. The molecule has 0 radical (unpaired) electrons. The lowest BCUT2D eigenvalue weighted by atomic mass is 9.88. The lowest BCUT2D eigenvalue weighted by Gasteiger charge is -2.34. The van der Waals surface area contributed by atoms with Gasteiger partial charge in [-0.15, -0.1) is 0 Å². The molecule has 1 aliphatic rings. The molecule has 0 spiro atoms. The van der Waals surface area contributed by atoms with Crippen molar-refractivity contribution in [1.82, 2.24) is 15.1 Å². The third-order valence-electron chi connectivity index (χ3n) is 3.52. The molecule has 2 unspecified atom stereocenters. The highest BCUT2D eigenvalue weighted by molar-refractivity contribution is 5.92. The second-order valence-electron chi connectivity index (χ2n) is 4.80. The zero-order valence-corrected chi connectivity index (χ0v) is 10.1. The van der Waals surface area contributed by atoms with Crippen LogP contribution in [0.15, 0.2) is 16.9 Å². The van der Waals surface area contributed by atoms with E-state index in [-0.39, 0.29) is 11.5 Å². The Morgan fingerprint density at radius 2 is 2.18 bits per heavy atom. The van der Waals surface area contributed by atoms with Crippen LogP contribution in [0.3, 0.4) is 0 Å². The summed E-state index contributed by atoms with van der Waals surface area (Å²) in [6.45, 7) is 5.90. The largest absolute Gasteiger partial charge is 0.337 e. The molecule has 1 N–H and O–H groups in total. The number of aromatic nitrogens is 2. The van der Waals surface area contributed by atoms with E-state index in [1.165, 1.54) is 12.1 Å². The van der Waals surface area contributed by atoms with Crippen LogP contribution in [-0.2, 0) is 0 Å². The van der Waals surface area contributed by atoms with Crippen LogP contribution in [0.1, 0.15) is 30.8 Å². The molecule has 1 saturated heterocycles. The van der Waals surface area contributed by atoms with Gasteiger partial charge in [-0.3, -0.25) is 9.59 Å². The highest BCUT2D eigenvalue weighted by Crippen LogP contribution is 2.23. The maximum Gasteiger partial charge on any atom is 0.274 e. The van der Waals surface area contributed by atoms with E-state index in [2.05, 4.69) is 24.0 Å². The number of nitrogens with zero attached hydrogens (tertiary/aromatic N) is 2. The van der Waals surface area contributed by atoms with Gasteiger partial charge in [0, 0.05) is 19.2 Å². The van der Waals surface area contributed by atoms with E-state index >= 15 is 0 Å². The molecule has 0 bridgehead atoms. The lowest BCUT2D eigenvalue weighted by molar-refractivity contribution is 0.0620. The van der Waals surface area contributed by atoms with Gasteiger partial charge in [-0.25, -0.2) is 5.10 Å². The van der Waals surface area contributed by atoms with Gasteiger partial charge in [-0.2, -0.15) is 5.10 Å². The van der Waals surface area contributed by atoms with Crippen LogP contribution in [0.2, 0.25) is 0 Å². The topological polar surface area (TPSA) is 66.1 Å². The Morgan fingerprint density at radius 3 is 2.76 bits per heavy atom. The molecule has 1 fully saturated rings. The highest BCUT2D eigenvalue weighted by Gasteiger charge is 2.27. The summed E-state index contributed by atoms with van der Waals surface area (Å²) in [4.78, 5) is 24.8. The molecule has 1 amide bonds. The zero-order chi connectivity index (χ0) is 12.4. The van der Waals surface area contributed by atoms with Gasteiger partial charge in [0.15, 0.2) is 0 Å². The third-order valence-corrected chi connectivity index (χ3v) is 3.52. The molecule has 0 aliphatic carbocycles. The lowest BCUT2D eigenvalue weighted by Crippen LogP contribution is -2.42. The van der Waals surface area contributed by atoms with Crippen molar-refractivity contribution in [2.45, 2.75) is 20.3 Å². The average Bonchev–Trinajstić information content (AvgIpc) is 2.33. The van der Waals surface area contributed by atoms with Crippen LogP contribution in [0, 0.1) is 11.8 Å². The maximum atomic E-state index is 12.1. The van der Waals surface area contributed by atoms with Gasteiger partial charge >= 0.3 is 0 Å². The first kappa shape index (κ1) is 11.8. The van der Waals surface area contributed by atoms with Crippen molar-refractivity contribution in [1.29, 1.82) is 0 Å². The van der Waals surface area contributed by atoms with Crippen molar-refractivity contribution in [2.24, 2.45) is 11.8 Å². The third kappa shape index (κ3) is 2.54. The summed E-state index contributed by atoms with van der Waals surface area (Å²) in [7, 11) is 0. The number of hydrogen-bond acceptors (Lipinski definition) is 3. The minimum Gasteiger partial charge on any atom is -0.337 e. The van der Waals surface area contributed by atoms with Crippen molar-refractivity contribution in [2.75, 3.05) is 13.1 Å². The summed E-state index contributed by atoms with van der Waals surface area (Å²) in [5, 5.41) is 6.06. The van der Waals surface area contributed by atoms with E-state index in [1.54, 1.807) is 0 Å². The molecule has 2 rings (SSSR count). The number of rotatable bonds is 1. The summed E-state index contributed by atoms with van der Waals surface area (Å²) in [6, 6.07) is 2.81. The Kier molecular flexibility index (Phi) is 3.26. The van der Waals surface area contributed by atoms with Crippen molar-refractivity contribution >= 4 is 5.91 Å². The average molecular weight is 235 g/mol. The first-order valence-corrected chi connectivity index (χ1v) is 5.93. The fraction of sp³-hybridized carbons (Fsp3) is 0.583. The van der Waals surface area contributed by atoms with Gasteiger partial charge < -0.3 is 4.90 Å². The quantitative estimate of drug-likeness (QED) is 0.786. The summed E-state index contributed by atoms with van der Waals surface area (Å²) in [6.07, 6.45) is 1.02. The number of H-pyrrole nitrogens is 1. The molecule has 17 heavy (non-hydrogen) atoms. The zero-order valence-electron chi connectivity index (χ0n) is 10.1. The highest BCUT2D eigenvalue weighted by atomic mass is 16.2. The standard InChI is InChI=1S/C12H17N3O2/c1-8-5-6-15(7-9(8)2)12(17)10-3-4-11(16)14-13-10/h3-4,8-9H,5-7H2,1-2H3,(H,14,16). The number of carbonyl (C=O) groups is 1. The van der Waals surface area contributed by atoms with Gasteiger partial charge in [0.05, 0.1) is 0 Å². The summed E-state index contributed by atoms with van der Waals surface area (Å²) in [5.74, 6) is 1.07. The van der Waals surface area contributed by atoms with Crippen LogP contribution >= 0.6 is 0 Å². The van der Waals surface area contributed by atoms with Gasteiger partial charge in [0.2, 0.25) is 0 Å². The van der Waals surface area contributed by atoms with Crippen LogP contribution in [0.25, 0.3) is 0 Å². The molecule has 2 heterocycles. The van der Waals surface area contributed by atoms with Crippen molar-refractivity contribution in [3.63, 3.8) is 0 Å². The van der Waals surface area contributed by atoms with Gasteiger partial charge in [0.25, 0.3) is 11.5 Å². The van der Waals surface area contributed by atoms with E-state index in [0.29, 0.717) is 17.5 Å². The molecule has 92 valence electrons. The minimum atomic E-state index is -0.290. The molecule has 1 aromatic rings. The Balaban J connectivity index is 2.10. The van der Waals surface area contributed by atoms with Gasteiger partial charge in [-0.1, -0.05) is 13.8 Å². The summed E-state index contributed by atoms with van der Waals surface area (Å²) in [5.41, 5.74) is 0.0218. The Morgan fingerprint density at radius 1 is 1.41 bits per heavy atom. The number of carbonyl (C=O) groups excluding carboxylic acids is 1. The van der Waals surface area contributed by atoms with E-state index in [9.17, 15) is 9.59 Å². The van der Waals surface area contributed by atoms with E-state index < -0.39 is 0 Å². The van der Waals surface area contributed by atoms with Gasteiger partial charge in [0.1, 0.15) is 5.69 Å². The second kappa shape index (κ2) is 4.69. The van der Waals surface area contributed by atoms with Crippen LogP contribution in [0.4, 0.5) is 0 Å². The molecule has 2 atom stereocenters. The number of hydrogen-bond donors (Lipinski definition) is 1. The van der Waals surface area contributed by atoms with Crippen LogP contribution < -0.4 is 5.56 Å². The van der Waals surface area contributed by atoms with E-state index in [1.807, 2.05) is 4.90 Å². The molecule has 0 aromatic carbocycles. The maximum absolute atomic E-state index is 12.1. The predicted molar refractivity (Wildman–Crippen MR) is 63.7 cm³/mol. The van der Waals surface area contributed by atoms with Gasteiger partial charge in [-0.05, 0) is 24.3 Å². The Labute approximate surface area is 99.8 Å². The molecule has 1 aliphatic heterocycles. The van der Waals surface area contributed by atoms with Crippen molar-refractivity contribution in [3.8, 4) is 0 Å². The number of amides is 1. The second-order valence-corrected chi connectivity index (χ2v) is 4.80. The first-order valence-electron chi connectivity index (χ1n) is 5.93. The number of piperidine rings is 1. The van der Waals surface area contributed by atoms with Crippen LogP contribution in [-0.4, -0.2) is 34.1 Å². The minimum absolute atomic E-state index is 0.0972. The Bertz CT molecular complexity index is 449. The molecule has 5 nitrogen and oxygen atoms in total. The smallest absolute Gasteiger partial charge is 0.274 e. The van der Waals surface area contributed by atoms with E-state index in [4.69, 9.17) is 0 Å². The fourth-order valence-corrected chi connectivity index (χ4v) is 2.07. The van der Waals surface area contributed by atoms with E-state index in [0.717, 1.165) is 19.5 Å². The SMILES string of the molecule is CC1CCN(C(=O)c2ccc(=O)[nH]n2)CC1C. The molecule has 1 aromatic heterocycles. The summed E-state index contributed by atoms with van der Waals surface area (Å²) >= 11 is 0.